The van der Waals surface area contributed by atoms with Crippen LogP contribution in [0.5, 0.6) is 0 Å². The zero-order valence-corrected chi connectivity index (χ0v) is 8.90. The Balaban J connectivity index is 2.69. The molecule has 0 unspecified atom stereocenters. The van der Waals surface area contributed by atoms with Crippen molar-refractivity contribution < 1.29 is 4.57 Å². The lowest BCUT2D eigenvalue weighted by molar-refractivity contribution is 0.588. The molecule has 1 aliphatic rings. The van der Waals surface area contributed by atoms with Gasteiger partial charge in [-0.05, 0) is 43.4 Å². The van der Waals surface area contributed by atoms with Crippen molar-refractivity contribution in [2.45, 2.75) is 12.8 Å². The second-order valence-corrected chi connectivity index (χ2v) is 7.14. The van der Waals surface area contributed by atoms with Crippen LogP contribution in [0, 0.1) is 0 Å². The van der Waals surface area contributed by atoms with Crippen LogP contribution in [0.15, 0.2) is 12.1 Å². The van der Waals surface area contributed by atoms with Gasteiger partial charge in [0.15, 0.2) is 0 Å². The molecule has 1 aliphatic carbocycles. The van der Waals surface area contributed by atoms with Crippen LogP contribution in [0.25, 0.3) is 0 Å². The zero-order valence-electron chi connectivity index (χ0n) is 8.00. The number of rotatable bonds is 1. The molecule has 2 nitrogen and oxygen atoms in total. The third-order valence-electron chi connectivity index (χ3n) is 2.59. The maximum atomic E-state index is 12.0. The van der Waals surface area contributed by atoms with Gasteiger partial charge in [-0.1, -0.05) is 6.07 Å². The minimum Gasteiger partial charge on any atom is -0.398 e. The standard InChI is InChI=1S/C10H14NOP/c1-13(2,12)10-8-5-3-7(8)4-6-9(10)11/h4,6H,3,5,11H2,1-2H3. The minimum atomic E-state index is -2.19. The summed E-state index contributed by atoms with van der Waals surface area (Å²) < 4.78 is 12.0. The molecular weight excluding hydrogens is 181 g/mol. The topological polar surface area (TPSA) is 43.1 Å². The van der Waals surface area contributed by atoms with Crippen LogP contribution in [0.4, 0.5) is 5.69 Å². The van der Waals surface area contributed by atoms with Gasteiger partial charge in [-0.25, -0.2) is 0 Å². The van der Waals surface area contributed by atoms with Gasteiger partial charge in [-0.3, -0.25) is 0 Å². The van der Waals surface area contributed by atoms with E-state index in [0.717, 1.165) is 18.1 Å². The Kier molecular flexibility index (Phi) is 1.78. The fourth-order valence-corrected chi connectivity index (χ4v) is 3.53. The lowest BCUT2D eigenvalue weighted by atomic mass is 9.88. The fourth-order valence-electron chi connectivity index (χ4n) is 1.93. The van der Waals surface area contributed by atoms with Crippen LogP contribution in [0.1, 0.15) is 11.1 Å². The van der Waals surface area contributed by atoms with Crippen LogP contribution in [0.3, 0.4) is 0 Å². The molecule has 0 fully saturated rings. The van der Waals surface area contributed by atoms with E-state index < -0.39 is 7.14 Å². The largest absolute Gasteiger partial charge is 0.398 e. The van der Waals surface area contributed by atoms with Crippen molar-refractivity contribution >= 4 is 18.1 Å². The molecule has 0 saturated carbocycles. The minimum absolute atomic E-state index is 0.701. The first-order chi connectivity index (χ1) is 6.00. The molecule has 0 saturated heterocycles. The SMILES string of the molecule is CP(C)(=O)c1c(N)ccc2c1CC2. The molecule has 0 atom stereocenters. The average Bonchev–Trinajstić information content (AvgIpc) is 1.93. The number of fused-ring (bicyclic) bond motifs is 1. The smallest absolute Gasteiger partial charge is 0.112 e. The summed E-state index contributed by atoms with van der Waals surface area (Å²) >= 11 is 0. The van der Waals surface area contributed by atoms with Gasteiger partial charge in [-0.15, -0.1) is 0 Å². The second-order valence-electron chi connectivity index (χ2n) is 3.99. The Bertz CT molecular complexity index is 406. The van der Waals surface area contributed by atoms with Crippen LogP contribution in [-0.2, 0) is 17.4 Å². The number of hydrogen-bond acceptors (Lipinski definition) is 2. The van der Waals surface area contributed by atoms with E-state index >= 15 is 0 Å². The van der Waals surface area contributed by atoms with Crippen molar-refractivity contribution in [1.29, 1.82) is 0 Å². The molecular formula is C10H14NOP. The summed E-state index contributed by atoms with van der Waals surface area (Å²) in [6, 6.07) is 3.93. The number of aryl methyl sites for hydroxylation is 1. The quantitative estimate of drug-likeness (QED) is 0.546. The second kappa shape index (κ2) is 2.62. The predicted octanol–water partition coefficient (Wildman–Crippen LogP) is 1.62. The molecule has 2 rings (SSSR count). The summed E-state index contributed by atoms with van der Waals surface area (Å²) in [6.07, 6.45) is 2.16. The summed E-state index contributed by atoms with van der Waals surface area (Å²) in [4.78, 5) is 0. The first-order valence-corrected chi connectivity index (χ1v) is 7.06. The van der Waals surface area contributed by atoms with Gasteiger partial charge in [0.05, 0.1) is 0 Å². The molecule has 0 radical (unpaired) electrons. The van der Waals surface area contributed by atoms with E-state index in [4.69, 9.17) is 5.73 Å². The van der Waals surface area contributed by atoms with E-state index in [1.54, 1.807) is 13.3 Å². The van der Waals surface area contributed by atoms with Gasteiger partial charge in [0.1, 0.15) is 7.14 Å². The van der Waals surface area contributed by atoms with Crippen LogP contribution in [-0.4, -0.2) is 13.3 Å². The number of benzene rings is 1. The lowest BCUT2D eigenvalue weighted by Crippen LogP contribution is -2.24. The number of anilines is 1. The average molecular weight is 195 g/mol. The lowest BCUT2D eigenvalue weighted by Gasteiger charge is -2.25. The Morgan fingerprint density at radius 1 is 1.31 bits per heavy atom. The number of nitrogens with two attached hydrogens (primary N) is 1. The third-order valence-corrected chi connectivity index (χ3v) is 4.20. The van der Waals surface area contributed by atoms with E-state index in [1.165, 1.54) is 11.1 Å². The Morgan fingerprint density at radius 2 is 2.00 bits per heavy atom. The first kappa shape index (κ1) is 8.83. The first-order valence-electron chi connectivity index (χ1n) is 4.46. The van der Waals surface area contributed by atoms with Gasteiger partial charge in [0.2, 0.25) is 0 Å². The highest BCUT2D eigenvalue weighted by atomic mass is 31.2. The van der Waals surface area contributed by atoms with Crippen LogP contribution < -0.4 is 11.0 Å². The molecule has 0 heterocycles. The monoisotopic (exact) mass is 195 g/mol. The molecule has 0 spiro atoms. The molecule has 70 valence electrons. The molecule has 13 heavy (non-hydrogen) atoms. The van der Waals surface area contributed by atoms with Crippen molar-refractivity contribution in [3.05, 3.63) is 23.3 Å². The Hall–Kier alpha value is -0.750. The summed E-state index contributed by atoms with van der Waals surface area (Å²) in [5.74, 6) is 0. The van der Waals surface area contributed by atoms with E-state index in [2.05, 4.69) is 0 Å². The molecule has 1 aromatic carbocycles. The van der Waals surface area contributed by atoms with E-state index in [1.807, 2.05) is 12.1 Å². The number of nitrogen functional groups attached to an aromatic ring is 1. The highest BCUT2D eigenvalue weighted by Gasteiger charge is 2.25. The van der Waals surface area contributed by atoms with Crippen molar-refractivity contribution in [2.24, 2.45) is 0 Å². The summed E-state index contributed by atoms with van der Waals surface area (Å²) in [7, 11) is -2.19. The van der Waals surface area contributed by atoms with Gasteiger partial charge in [0, 0.05) is 11.0 Å². The van der Waals surface area contributed by atoms with Crippen molar-refractivity contribution in [3.63, 3.8) is 0 Å². The van der Waals surface area contributed by atoms with Gasteiger partial charge in [-0.2, -0.15) is 0 Å². The predicted molar refractivity (Wildman–Crippen MR) is 57.4 cm³/mol. The Labute approximate surface area is 78.5 Å². The summed E-state index contributed by atoms with van der Waals surface area (Å²) in [5.41, 5.74) is 9.11. The van der Waals surface area contributed by atoms with E-state index in [9.17, 15) is 4.57 Å². The van der Waals surface area contributed by atoms with Crippen LogP contribution >= 0.6 is 7.14 Å². The zero-order chi connectivity index (χ0) is 9.64. The molecule has 0 aromatic heterocycles. The van der Waals surface area contributed by atoms with Gasteiger partial charge >= 0.3 is 0 Å². The molecule has 0 amide bonds. The number of hydrogen-bond donors (Lipinski definition) is 1. The summed E-state index contributed by atoms with van der Waals surface area (Å²) in [5, 5.41) is 0.927. The highest BCUT2D eigenvalue weighted by Crippen LogP contribution is 2.41. The van der Waals surface area contributed by atoms with Gasteiger partial charge in [0.25, 0.3) is 0 Å². The Morgan fingerprint density at radius 3 is 2.38 bits per heavy atom. The molecule has 0 bridgehead atoms. The molecule has 1 aromatic rings. The highest BCUT2D eigenvalue weighted by molar-refractivity contribution is 7.70. The maximum absolute atomic E-state index is 12.0. The van der Waals surface area contributed by atoms with E-state index in [-0.39, 0.29) is 0 Å². The van der Waals surface area contributed by atoms with Crippen molar-refractivity contribution in [2.75, 3.05) is 19.1 Å². The summed E-state index contributed by atoms with van der Waals surface area (Å²) in [6.45, 7) is 3.58. The fraction of sp³-hybridized carbons (Fsp3) is 0.400. The molecule has 3 heteroatoms. The third kappa shape index (κ3) is 1.30. The molecule has 2 N–H and O–H groups in total. The normalized spacial score (nSPS) is 14.9. The van der Waals surface area contributed by atoms with E-state index in [0.29, 0.717) is 5.69 Å². The van der Waals surface area contributed by atoms with Crippen molar-refractivity contribution in [1.82, 2.24) is 0 Å². The van der Waals surface area contributed by atoms with Gasteiger partial charge < -0.3 is 10.3 Å². The van der Waals surface area contributed by atoms with Crippen LogP contribution in [0.2, 0.25) is 0 Å². The molecule has 0 aliphatic heterocycles. The maximum Gasteiger partial charge on any atom is 0.112 e. The van der Waals surface area contributed by atoms with Crippen molar-refractivity contribution in [3.8, 4) is 0 Å².